The van der Waals surface area contributed by atoms with E-state index in [2.05, 4.69) is 11.3 Å². The van der Waals surface area contributed by atoms with Crippen LogP contribution in [0, 0.1) is 0 Å². The van der Waals surface area contributed by atoms with Crippen molar-refractivity contribution in [3.63, 3.8) is 0 Å². The zero-order valence-corrected chi connectivity index (χ0v) is 9.79. The van der Waals surface area contributed by atoms with Gasteiger partial charge in [-0.2, -0.15) is 0 Å². The minimum absolute atomic E-state index is 0.341. The summed E-state index contributed by atoms with van der Waals surface area (Å²) in [6, 6.07) is 6.77. The molecule has 0 spiro atoms. The summed E-state index contributed by atoms with van der Waals surface area (Å²) in [6.45, 7) is 4.05. The maximum Gasteiger partial charge on any atom is 0.337 e. The van der Waals surface area contributed by atoms with E-state index in [0.717, 1.165) is 5.57 Å². The van der Waals surface area contributed by atoms with Crippen molar-refractivity contribution in [1.82, 2.24) is 0 Å². The fourth-order valence-electron chi connectivity index (χ4n) is 1.05. The lowest BCUT2D eigenvalue weighted by Gasteiger charge is -2.07. The van der Waals surface area contributed by atoms with Crippen LogP contribution in [0.3, 0.4) is 0 Å². The summed E-state index contributed by atoms with van der Waals surface area (Å²) in [7, 11) is 1.34. The Hall–Kier alpha value is -1.48. The van der Waals surface area contributed by atoms with E-state index < -0.39 is 0 Å². The molecule has 0 amide bonds. The number of alkyl halides is 1. The van der Waals surface area contributed by atoms with Gasteiger partial charge < -0.3 is 9.47 Å². The van der Waals surface area contributed by atoms with Gasteiger partial charge in [-0.1, -0.05) is 12.6 Å². The molecule has 0 saturated heterocycles. The van der Waals surface area contributed by atoms with E-state index in [0.29, 0.717) is 23.8 Å². The van der Waals surface area contributed by atoms with Crippen molar-refractivity contribution in [2.75, 3.05) is 19.6 Å². The van der Waals surface area contributed by atoms with Crippen LogP contribution in [-0.4, -0.2) is 25.6 Å². The molecule has 3 nitrogen and oxygen atoms in total. The van der Waals surface area contributed by atoms with Crippen LogP contribution < -0.4 is 4.74 Å². The Balaban J connectivity index is 2.67. The number of carbonyl (C=O) groups is 1. The number of rotatable bonds is 5. The molecule has 1 aromatic rings. The molecule has 1 rings (SSSR count). The van der Waals surface area contributed by atoms with E-state index >= 15 is 0 Å². The monoisotopic (exact) mass is 240 g/mol. The van der Waals surface area contributed by atoms with Gasteiger partial charge in [-0.25, -0.2) is 4.79 Å². The van der Waals surface area contributed by atoms with E-state index in [1.807, 2.05) is 0 Å². The second-order valence-electron chi connectivity index (χ2n) is 3.19. The maximum absolute atomic E-state index is 11.2. The van der Waals surface area contributed by atoms with Crippen molar-refractivity contribution in [2.24, 2.45) is 0 Å². The zero-order chi connectivity index (χ0) is 12.0. The fourth-order valence-corrected chi connectivity index (χ4v) is 1.13. The van der Waals surface area contributed by atoms with Gasteiger partial charge in [-0.05, 0) is 23.8 Å². The second kappa shape index (κ2) is 6.18. The number of ether oxygens (including phenoxy) is 2. The lowest BCUT2D eigenvalue weighted by Crippen LogP contribution is -2.04. The lowest BCUT2D eigenvalue weighted by molar-refractivity contribution is 0.0600. The number of carbonyl (C=O) groups excluding carboxylic acids is 1. The van der Waals surface area contributed by atoms with Crippen molar-refractivity contribution in [3.05, 3.63) is 42.0 Å². The number of hydrogen-bond donors (Lipinski definition) is 0. The molecule has 0 aliphatic rings. The third kappa shape index (κ3) is 3.59. The second-order valence-corrected chi connectivity index (χ2v) is 3.46. The van der Waals surface area contributed by atoms with Gasteiger partial charge in [0.15, 0.2) is 0 Å². The molecule has 0 N–H and O–H groups in total. The maximum atomic E-state index is 11.2. The van der Waals surface area contributed by atoms with E-state index in [4.69, 9.17) is 16.3 Å². The van der Waals surface area contributed by atoms with E-state index in [9.17, 15) is 4.79 Å². The van der Waals surface area contributed by atoms with Gasteiger partial charge in [0.1, 0.15) is 12.4 Å². The number of halogens is 1. The fraction of sp³-hybridized carbons (Fsp3) is 0.250. The molecule has 0 radical (unpaired) electrons. The molecule has 0 aromatic heterocycles. The zero-order valence-electron chi connectivity index (χ0n) is 9.03. The van der Waals surface area contributed by atoms with Crippen molar-refractivity contribution >= 4 is 17.6 Å². The molecule has 0 heterocycles. The number of hydrogen-bond acceptors (Lipinski definition) is 3. The van der Waals surface area contributed by atoms with Gasteiger partial charge in [0.05, 0.1) is 12.7 Å². The third-order valence-electron chi connectivity index (χ3n) is 1.89. The van der Waals surface area contributed by atoms with Crippen molar-refractivity contribution in [3.8, 4) is 5.75 Å². The Morgan fingerprint density at radius 2 is 2.25 bits per heavy atom. The molecule has 1 aromatic carbocycles. The number of esters is 1. The summed E-state index contributed by atoms with van der Waals surface area (Å²) >= 11 is 5.57. The van der Waals surface area contributed by atoms with Crippen LogP contribution in [0.2, 0.25) is 0 Å². The van der Waals surface area contributed by atoms with Crippen molar-refractivity contribution < 1.29 is 14.3 Å². The predicted molar refractivity (Wildman–Crippen MR) is 63.1 cm³/mol. The standard InChI is InChI=1S/C12H13ClO3/c1-9(7-13)8-16-11-5-3-4-10(6-11)12(14)15-2/h3-6H,1,7-8H2,2H3. The van der Waals surface area contributed by atoms with Crippen LogP contribution in [-0.2, 0) is 4.74 Å². The van der Waals surface area contributed by atoms with E-state index in [1.54, 1.807) is 24.3 Å². The number of methoxy groups -OCH3 is 1. The van der Waals surface area contributed by atoms with Crippen molar-refractivity contribution in [1.29, 1.82) is 0 Å². The molecule has 4 heteroatoms. The molecule has 16 heavy (non-hydrogen) atoms. The smallest absolute Gasteiger partial charge is 0.337 e. The summed E-state index contributed by atoms with van der Waals surface area (Å²) in [5.41, 5.74) is 1.24. The normalized spacial score (nSPS) is 9.62. The molecule has 0 aliphatic heterocycles. The predicted octanol–water partition coefficient (Wildman–Crippen LogP) is 2.65. The quantitative estimate of drug-likeness (QED) is 0.451. The van der Waals surface area contributed by atoms with Crippen LogP contribution in [0.25, 0.3) is 0 Å². The van der Waals surface area contributed by atoms with Gasteiger partial charge in [-0.15, -0.1) is 11.6 Å². The van der Waals surface area contributed by atoms with Gasteiger partial charge in [0.2, 0.25) is 0 Å². The van der Waals surface area contributed by atoms with Crippen LogP contribution >= 0.6 is 11.6 Å². The van der Waals surface area contributed by atoms with Crippen LogP contribution in [0.15, 0.2) is 36.4 Å². The molecule has 0 saturated carbocycles. The molecule has 0 bridgehead atoms. The van der Waals surface area contributed by atoms with Gasteiger partial charge in [0.25, 0.3) is 0 Å². The molecular weight excluding hydrogens is 228 g/mol. The molecule has 0 fully saturated rings. The molecule has 0 aliphatic carbocycles. The SMILES string of the molecule is C=C(CCl)COc1cccc(C(=O)OC)c1. The Bertz CT molecular complexity index is 388. The Kier molecular flexibility index (Phi) is 4.86. The lowest BCUT2D eigenvalue weighted by atomic mass is 10.2. The molecule has 86 valence electrons. The average molecular weight is 241 g/mol. The summed E-state index contributed by atoms with van der Waals surface area (Å²) < 4.78 is 10.0. The first-order chi connectivity index (χ1) is 7.67. The summed E-state index contributed by atoms with van der Waals surface area (Å²) in [6.07, 6.45) is 0. The minimum Gasteiger partial charge on any atom is -0.489 e. The summed E-state index contributed by atoms with van der Waals surface area (Å²) in [4.78, 5) is 11.2. The first-order valence-electron chi connectivity index (χ1n) is 4.71. The van der Waals surface area contributed by atoms with Crippen LogP contribution in [0.5, 0.6) is 5.75 Å². The Morgan fingerprint density at radius 1 is 1.50 bits per heavy atom. The van der Waals surface area contributed by atoms with Crippen molar-refractivity contribution in [2.45, 2.75) is 0 Å². The topological polar surface area (TPSA) is 35.5 Å². The first kappa shape index (κ1) is 12.6. The average Bonchev–Trinajstić information content (AvgIpc) is 2.35. The third-order valence-corrected chi connectivity index (χ3v) is 2.27. The number of benzene rings is 1. The Morgan fingerprint density at radius 3 is 2.88 bits per heavy atom. The highest BCUT2D eigenvalue weighted by molar-refractivity contribution is 6.19. The summed E-state index contributed by atoms with van der Waals surface area (Å²) in [5.74, 6) is 0.562. The molecular formula is C12H13ClO3. The molecule has 0 atom stereocenters. The van der Waals surface area contributed by atoms with Crippen LogP contribution in [0.4, 0.5) is 0 Å². The highest BCUT2D eigenvalue weighted by Gasteiger charge is 2.06. The van der Waals surface area contributed by atoms with Gasteiger partial charge in [0, 0.05) is 5.88 Å². The summed E-state index contributed by atoms with van der Waals surface area (Å²) in [5, 5.41) is 0. The van der Waals surface area contributed by atoms with E-state index in [1.165, 1.54) is 7.11 Å². The highest BCUT2D eigenvalue weighted by atomic mass is 35.5. The van der Waals surface area contributed by atoms with Gasteiger partial charge in [-0.3, -0.25) is 0 Å². The largest absolute Gasteiger partial charge is 0.489 e. The molecule has 0 unspecified atom stereocenters. The highest BCUT2D eigenvalue weighted by Crippen LogP contribution is 2.14. The Labute approximate surface area is 99.6 Å². The first-order valence-corrected chi connectivity index (χ1v) is 5.24. The van der Waals surface area contributed by atoms with Gasteiger partial charge >= 0.3 is 5.97 Å². The van der Waals surface area contributed by atoms with Crippen LogP contribution in [0.1, 0.15) is 10.4 Å². The van der Waals surface area contributed by atoms with E-state index in [-0.39, 0.29) is 5.97 Å². The minimum atomic E-state index is -0.387.